The largest absolute Gasteiger partial charge is 0.399 e. The van der Waals surface area contributed by atoms with Gasteiger partial charge in [-0.1, -0.05) is 44.2 Å². The van der Waals surface area contributed by atoms with Gasteiger partial charge >= 0.3 is 0 Å². The third-order valence-electron chi connectivity index (χ3n) is 3.10. The summed E-state index contributed by atoms with van der Waals surface area (Å²) in [7, 11) is 0. The fraction of sp³-hybridized carbons (Fsp3) is 0.250. The van der Waals surface area contributed by atoms with Crippen molar-refractivity contribution in [3.63, 3.8) is 0 Å². The lowest BCUT2D eigenvalue weighted by Crippen LogP contribution is -2.11. The fourth-order valence-corrected chi connectivity index (χ4v) is 2.20. The average molecular weight is 339 g/mol. The molecule has 0 saturated heterocycles. The minimum Gasteiger partial charge on any atom is -0.399 e. The van der Waals surface area contributed by atoms with Crippen LogP contribution >= 0.6 is 0 Å². The number of nitrogens with zero attached hydrogens (tertiary/aromatic N) is 1. The van der Waals surface area contributed by atoms with Gasteiger partial charge in [-0.2, -0.15) is 5.10 Å². The number of nitrogen functional groups attached to an aromatic ring is 1. The lowest BCUT2D eigenvalue weighted by Gasteiger charge is -2.05. The quantitative estimate of drug-likeness (QED) is 0.696. The molecule has 0 unspecified atom stereocenters. The number of hydrogen-bond donors (Lipinski definition) is 2. The van der Waals surface area contributed by atoms with Crippen LogP contribution in [0.5, 0.6) is 0 Å². The number of H-pyrrole nitrogens is 1. The van der Waals surface area contributed by atoms with Crippen molar-refractivity contribution in [1.29, 1.82) is 0 Å². The molecule has 5 nitrogen and oxygen atoms in total. The van der Waals surface area contributed by atoms with Gasteiger partial charge in [0.05, 0.1) is 11.1 Å². The number of anilines is 1. The number of aromatic amines is 1. The molecule has 1 aromatic heterocycles. The van der Waals surface area contributed by atoms with Gasteiger partial charge in [-0.25, -0.2) is 5.10 Å². The summed E-state index contributed by atoms with van der Waals surface area (Å²) in [6.07, 6.45) is 0.641. The van der Waals surface area contributed by atoms with Crippen molar-refractivity contribution in [3.8, 4) is 0 Å². The Morgan fingerprint density at radius 2 is 1.64 bits per heavy atom. The maximum Gasteiger partial charge on any atom is 0.272 e. The summed E-state index contributed by atoms with van der Waals surface area (Å²) in [6.45, 7) is 7.06. The Morgan fingerprint density at radius 1 is 1.04 bits per heavy atom. The van der Waals surface area contributed by atoms with Gasteiger partial charge in [-0.3, -0.25) is 4.79 Å². The zero-order chi connectivity index (χ0) is 18.8. The Morgan fingerprint density at radius 3 is 2.24 bits per heavy atom. The summed E-state index contributed by atoms with van der Waals surface area (Å²) in [4.78, 5) is 21.1. The topological polar surface area (TPSA) is 88.8 Å². The molecule has 3 N–H and O–H groups in total. The highest BCUT2D eigenvalue weighted by Crippen LogP contribution is 2.17. The lowest BCUT2D eigenvalue weighted by atomic mass is 10.0. The summed E-state index contributed by atoms with van der Waals surface area (Å²) < 4.78 is 0. The maximum absolute atomic E-state index is 11.7. The molecule has 0 radical (unpaired) electrons. The minimum atomic E-state index is -0.160. The van der Waals surface area contributed by atoms with Crippen LogP contribution in [0.15, 0.2) is 53.3 Å². The first-order valence-corrected chi connectivity index (χ1v) is 8.25. The van der Waals surface area contributed by atoms with E-state index in [1.165, 1.54) is 13.8 Å². The molecule has 3 rings (SSSR count). The molecule has 5 heteroatoms. The standard InChI is InChI=1S/C15H13N3O.C3H6O.C2H6/c16-11-5-3-4-10(8-11)9-14-12-6-1-2-7-13(12)15(19)18-17-14;1-3(2)4;1-2/h1-8H,9,16H2,(H,18,19);1-2H3;1-2H3. The van der Waals surface area contributed by atoms with E-state index < -0.39 is 0 Å². The number of nitrogens with two attached hydrogens (primary N) is 1. The Hall–Kier alpha value is -2.95. The van der Waals surface area contributed by atoms with E-state index in [1.807, 2.05) is 56.3 Å². The molecular weight excluding hydrogens is 314 g/mol. The van der Waals surface area contributed by atoms with Gasteiger partial charge in [-0.05, 0) is 37.6 Å². The molecule has 0 aliphatic heterocycles. The predicted octanol–water partition coefficient (Wildman–Crippen LogP) is 3.72. The van der Waals surface area contributed by atoms with Gasteiger partial charge in [0.1, 0.15) is 5.78 Å². The summed E-state index contributed by atoms with van der Waals surface area (Å²) in [5.41, 5.74) is 8.26. The van der Waals surface area contributed by atoms with Crippen LogP contribution < -0.4 is 11.3 Å². The van der Waals surface area contributed by atoms with Crippen molar-refractivity contribution >= 4 is 22.2 Å². The summed E-state index contributed by atoms with van der Waals surface area (Å²) in [6, 6.07) is 15.2. The highest BCUT2D eigenvalue weighted by atomic mass is 16.1. The zero-order valence-electron chi connectivity index (χ0n) is 15.2. The smallest absolute Gasteiger partial charge is 0.272 e. The number of hydrogen-bond acceptors (Lipinski definition) is 4. The molecule has 0 bridgehead atoms. The molecule has 0 fully saturated rings. The molecular formula is C20H25N3O2. The van der Waals surface area contributed by atoms with Gasteiger partial charge in [0.2, 0.25) is 0 Å². The van der Waals surface area contributed by atoms with E-state index in [2.05, 4.69) is 10.2 Å². The second-order valence-corrected chi connectivity index (χ2v) is 5.38. The number of benzene rings is 2. The second-order valence-electron chi connectivity index (χ2n) is 5.38. The summed E-state index contributed by atoms with van der Waals surface area (Å²) in [5.74, 6) is 0.167. The minimum absolute atomic E-state index is 0.160. The van der Waals surface area contributed by atoms with Crippen LogP contribution in [-0.4, -0.2) is 16.0 Å². The molecule has 0 spiro atoms. The van der Waals surface area contributed by atoms with Gasteiger partial charge in [0.25, 0.3) is 5.56 Å². The number of carbonyl (C=O) groups is 1. The van der Waals surface area contributed by atoms with E-state index in [9.17, 15) is 9.59 Å². The molecule has 0 amide bonds. The Balaban J connectivity index is 0.000000461. The Bertz CT molecular complexity index is 881. The van der Waals surface area contributed by atoms with Crippen molar-refractivity contribution in [2.45, 2.75) is 34.1 Å². The van der Waals surface area contributed by atoms with Crippen LogP contribution in [0.25, 0.3) is 10.8 Å². The fourth-order valence-electron chi connectivity index (χ4n) is 2.20. The monoisotopic (exact) mass is 339 g/mol. The van der Waals surface area contributed by atoms with E-state index >= 15 is 0 Å². The van der Waals surface area contributed by atoms with E-state index in [1.54, 1.807) is 6.07 Å². The van der Waals surface area contributed by atoms with E-state index in [0.29, 0.717) is 11.8 Å². The van der Waals surface area contributed by atoms with Crippen LogP contribution in [0.1, 0.15) is 39.0 Å². The summed E-state index contributed by atoms with van der Waals surface area (Å²) in [5, 5.41) is 8.24. The van der Waals surface area contributed by atoms with Gasteiger partial charge < -0.3 is 10.5 Å². The number of rotatable bonds is 2. The molecule has 0 aliphatic rings. The van der Waals surface area contributed by atoms with Crippen molar-refractivity contribution < 1.29 is 4.79 Å². The summed E-state index contributed by atoms with van der Waals surface area (Å²) >= 11 is 0. The van der Waals surface area contributed by atoms with E-state index in [4.69, 9.17) is 5.73 Å². The molecule has 0 aliphatic carbocycles. The molecule has 0 atom stereocenters. The van der Waals surface area contributed by atoms with Crippen molar-refractivity contribution in [2.24, 2.45) is 0 Å². The number of Topliss-reactive ketones (excluding diaryl/α,β-unsaturated/α-hetero) is 1. The molecule has 3 aromatic rings. The highest BCUT2D eigenvalue weighted by Gasteiger charge is 2.06. The number of carbonyl (C=O) groups excluding carboxylic acids is 1. The first kappa shape index (κ1) is 20.1. The number of ketones is 1. The Kier molecular flexibility index (Phi) is 8.06. The lowest BCUT2D eigenvalue weighted by molar-refractivity contribution is -0.114. The third kappa shape index (κ3) is 6.22. The van der Waals surface area contributed by atoms with Crippen molar-refractivity contribution in [2.75, 3.05) is 5.73 Å². The van der Waals surface area contributed by atoms with Gasteiger partial charge in [-0.15, -0.1) is 0 Å². The zero-order valence-corrected chi connectivity index (χ0v) is 15.2. The molecule has 25 heavy (non-hydrogen) atoms. The van der Waals surface area contributed by atoms with Crippen LogP contribution in [0, 0.1) is 0 Å². The van der Waals surface area contributed by atoms with E-state index in [-0.39, 0.29) is 11.3 Å². The highest BCUT2D eigenvalue weighted by molar-refractivity contribution is 5.83. The van der Waals surface area contributed by atoms with Gasteiger partial charge in [0.15, 0.2) is 0 Å². The Labute approximate surface area is 147 Å². The molecule has 2 aromatic carbocycles. The first-order chi connectivity index (χ1) is 12.0. The first-order valence-electron chi connectivity index (χ1n) is 8.25. The van der Waals surface area contributed by atoms with Crippen molar-refractivity contribution in [3.05, 3.63) is 70.1 Å². The average Bonchev–Trinajstić information content (AvgIpc) is 2.59. The SMILES string of the molecule is CC.CC(C)=O.Nc1cccc(Cc2n[nH]c(=O)c3ccccc23)c1. The van der Waals surface area contributed by atoms with Gasteiger partial charge in [0, 0.05) is 17.5 Å². The number of aromatic nitrogens is 2. The third-order valence-corrected chi connectivity index (χ3v) is 3.10. The normalized spacial score (nSPS) is 9.44. The molecule has 132 valence electrons. The van der Waals surface area contributed by atoms with E-state index in [0.717, 1.165) is 22.3 Å². The molecule has 1 heterocycles. The molecule has 0 saturated carbocycles. The number of fused-ring (bicyclic) bond motifs is 1. The van der Waals surface area contributed by atoms with Crippen LogP contribution in [0.4, 0.5) is 5.69 Å². The predicted molar refractivity (Wildman–Crippen MR) is 104 cm³/mol. The van der Waals surface area contributed by atoms with Crippen LogP contribution in [0.2, 0.25) is 0 Å². The van der Waals surface area contributed by atoms with Crippen LogP contribution in [-0.2, 0) is 11.2 Å². The van der Waals surface area contributed by atoms with Crippen LogP contribution in [0.3, 0.4) is 0 Å². The van der Waals surface area contributed by atoms with Crippen molar-refractivity contribution in [1.82, 2.24) is 10.2 Å². The second kappa shape index (κ2) is 10.0. The maximum atomic E-state index is 11.7. The number of nitrogens with one attached hydrogen (secondary N) is 1.